The normalized spacial score (nSPS) is 18.2. The summed E-state index contributed by atoms with van der Waals surface area (Å²) in [6, 6.07) is 6.98. The van der Waals surface area contributed by atoms with Gasteiger partial charge >= 0.3 is 11.8 Å². The molecule has 1 fully saturated rings. The molecule has 1 amide bonds. The monoisotopic (exact) mass is 346 g/mol. The number of hydrogen-bond acceptors (Lipinski definition) is 5. The molecule has 6 nitrogen and oxygen atoms in total. The molecular formula is C18H23FN4O2. The number of nitrogens with zero attached hydrogens (tertiary/aromatic N) is 3. The van der Waals surface area contributed by atoms with E-state index in [4.69, 9.17) is 4.52 Å². The summed E-state index contributed by atoms with van der Waals surface area (Å²) < 4.78 is 18.7. The van der Waals surface area contributed by atoms with E-state index in [-0.39, 0.29) is 17.6 Å². The fourth-order valence-corrected chi connectivity index (χ4v) is 3.31. The van der Waals surface area contributed by atoms with E-state index in [2.05, 4.69) is 20.4 Å². The summed E-state index contributed by atoms with van der Waals surface area (Å²) in [5.41, 5.74) is 0.785. The predicted molar refractivity (Wildman–Crippen MR) is 90.4 cm³/mol. The van der Waals surface area contributed by atoms with Gasteiger partial charge in [0, 0.05) is 13.6 Å². The number of rotatable bonds is 6. The van der Waals surface area contributed by atoms with Crippen molar-refractivity contribution >= 4 is 5.91 Å². The van der Waals surface area contributed by atoms with Crippen molar-refractivity contribution in [3.8, 4) is 0 Å². The molecule has 2 aromatic rings. The quantitative estimate of drug-likeness (QED) is 0.870. The average Bonchev–Trinajstić information content (AvgIpc) is 3.09. The number of hydrogen-bond donors (Lipinski definition) is 1. The molecule has 1 aromatic heterocycles. The molecule has 1 aromatic carbocycles. The smallest absolute Gasteiger partial charge is 0.315 e. The van der Waals surface area contributed by atoms with Crippen LogP contribution in [-0.2, 0) is 13.0 Å². The summed E-state index contributed by atoms with van der Waals surface area (Å²) in [5, 5.41) is 6.33. The predicted octanol–water partition coefficient (Wildman–Crippen LogP) is 2.41. The minimum atomic E-state index is -0.375. The van der Waals surface area contributed by atoms with Crippen molar-refractivity contribution in [3.05, 3.63) is 47.4 Å². The number of nitrogens with one attached hydrogen (secondary N) is 1. The van der Waals surface area contributed by atoms with Crippen LogP contribution in [0.2, 0.25) is 0 Å². The van der Waals surface area contributed by atoms with Crippen LogP contribution in [0.3, 0.4) is 0 Å². The molecule has 0 bridgehead atoms. The Kier molecular flexibility index (Phi) is 5.75. The van der Waals surface area contributed by atoms with E-state index in [1.165, 1.54) is 13.1 Å². The van der Waals surface area contributed by atoms with Crippen LogP contribution in [0.1, 0.15) is 41.3 Å². The average molecular weight is 346 g/mol. The van der Waals surface area contributed by atoms with Gasteiger partial charge in [-0.15, -0.1) is 0 Å². The number of aromatic nitrogens is 2. The SMILES string of the molecule is CNC(=O)c1nc(CN2CCC[C@H](CCc3ccccc3F)C2)no1. The van der Waals surface area contributed by atoms with Crippen molar-refractivity contribution in [1.82, 2.24) is 20.4 Å². The Bertz CT molecular complexity index is 719. The summed E-state index contributed by atoms with van der Waals surface area (Å²) in [4.78, 5) is 17.9. The zero-order chi connectivity index (χ0) is 17.6. The maximum Gasteiger partial charge on any atom is 0.315 e. The van der Waals surface area contributed by atoms with Gasteiger partial charge in [-0.3, -0.25) is 9.69 Å². The first-order valence-electron chi connectivity index (χ1n) is 8.66. The van der Waals surface area contributed by atoms with Crippen LogP contribution in [0.4, 0.5) is 4.39 Å². The summed E-state index contributed by atoms with van der Waals surface area (Å²) in [6.45, 7) is 2.47. The maximum absolute atomic E-state index is 13.7. The molecule has 0 aliphatic carbocycles. The van der Waals surface area contributed by atoms with E-state index >= 15 is 0 Å². The molecule has 25 heavy (non-hydrogen) atoms. The van der Waals surface area contributed by atoms with Gasteiger partial charge in [-0.2, -0.15) is 4.98 Å². The third kappa shape index (κ3) is 4.63. The van der Waals surface area contributed by atoms with Crippen molar-refractivity contribution in [2.24, 2.45) is 5.92 Å². The standard InChI is InChI=1S/C18H23FN4O2/c1-20-17(24)18-21-16(22-25-18)12-23-10-4-5-13(11-23)8-9-14-6-2-3-7-15(14)19/h2-3,6-7,13H,4-5,8-12H2,1H3,(H,20,24)/t13-/m1/s1. The minimum Gasteiger partial charge on any atom is -0.351 e. The minimum absolute atomic E-state index is 0.00869. The topological polar surface area (TPSA) is 71.3 Å². The third-order valence-electron chi connectivity index (χ3n) is 4.64. The number of carbonyl (C=O) groups is 1. The van der Waals surface area contributed by atoms with Gasteiger partial charge in [-0.05, 0) is 49.8 Å². The Hall–Kier alpha value is -2.28. The van der Waals surface area contributed by atoms with Crippen molar-refractivity contribution in [2.75, 3.05) is 20.1 Å². The van der Waals surface area contributed by atoms with Gasteiger partial charge in [0.15, 0.2) is 5.82 Å². The molecule has 0 unspecified atom stereocenters. The molecule has 1 aliphatic heterocycles. The lowest BCUT2D eigenvalue weighted by molar-refractivity contribution is 0.0919. The van der Waals surface area contributed by atoms with Gasteiger partial charge in [-0.25, -0.2) is 4.39 Å². The number of piperidine rings is 1. The van der Waals surface area contributed by atoms with Crippen LogP contribution in [-0.4, -0.2) is 41.1 Å². The lowest BCUT2D eigenvalue weighted by atomic mass is 9.91. The first-order valence-corrected chi connectivity index (χ1v) is 8.66. The molecule has 134 valence electrons. The van der Waals surface area contributed by atoms with Crippen LogP contribution in [0, 0.1) is 11.7 Å². The summed E-state index contributed by atoms with van der Waals surface area (Å²) in [5.74, 6) is 0.543. The number of benzene rings is 1. The first-order chi connectivity index (χ1) is 12.2. The Balaban J connectivity index is 1.52. The molecule has 2 heterocycles. The molecule has 1 N–H and O–H groups in total. The fourth-order valence-electron chi connectivity index (χ4n) is 3.31. The Morgan fingerprint density at radius 3 is 3.08 bits per heavy atom. The number of halogens is 1. The van der Waals surface area contributed by atoms with Crippen molar-refractivity contribution in [1.29, 1.82) is 0 Å². The van der Waals surface area contributed by atoms with Crippen LogP contribution in [0.15, 0.2) is 28.8 Å². The Morgan fingerprint density at radius 1 is 1.44 bits per heavy atom. The third-order valence-corrected chi connectivity index (χ3v) is 4.64. The van der Waals surface area contributed by atoms with E-state index in [0.29, 0.717) is 18.3 Å². The van der Waals surface area contributed by atoms with E-state index in [0.717, 1.165) is 44.3 Å². The van der Waals surface area contributed by atoms with Gasteiger partial charge in [-0.1, -0.05) is 23.4 Å². The van der Waals surface area contributed by atoms with E-state index in [9.17, 15) is 9.18 Å². The number of carbonyl (C=O) groups excluding carboxylic acids is 1. The van der Waals surface area contributed by atoms with E-state index in [1.54, 1.807) is 6.07 Å². The Labute approximate surface area is 146 Å². The highest BCUT2D eigenvalue weighted by molar-refractivity contribution is 5.89. The summed E-state index contributed by atoms with van der Waals surface area (Å²) >= 11 is 0. The van der Waals surface area contributed by atoms with Crippen molar-refractivity contribution in [3.63, 3.8) is 0 Å². The molecule has 1 saturated heterocycles. The molecule has 0 saturated carbocycles. The number of aryl methyl sites for hydroxylation is 1. The highest BCUT2D eigenvalue weighted by Crippen LogP contribution is 2.23. The van der Waals surface area contributed by atoms with Crippen molar-refractivity contribution in [2.45, 2.75) is 32.2 Å². The second-order valence-corrected chi connectivity index (χ2v) is 6.47. The molecule has 1 aliphatic rings. The molecule has 0 radical (unpaired) electrons. The second-order valence-electron chi connectivity index (χ2n) is 6.47. The first kappa shape index (κ1) is 17.5. The zero-order valence-electron chi connectivity index (χ0n) is 14.4. The lowest BCUT2D eigenvalue weighted by Crippen LogP contribution is -2.35. The Morgan fingerprint density at radius 2 is 2.28 bits per heavy atom. The summed E-state index contributed by atoms with van der Waals surface area (Å²) in [6.07, 6.45) is 3.98. The van der Waals surface area contributed by atoms with Gasteiger partial charge in [0.25, 0.3) is 0 Å². The second kappa shape index (κ2) is 8.20. The van der Waals surface area contributed by atoms with Gasteiger partial charge < -0.3 is 9.84 Å². The largest absolute Gasteiger partial charge is 0.351 e. The zero-order valence-corrected chi connectivity index (χ0v) is 14.4. The van der Waals surface area contributed by atoms with Crippen LogP contribution >= 0.6 is 0 Å². The molecule has 7 heteroatoms. The fraction of sp³-hybridized carbons (Fsp3) is 0.500. The molecule has 1 atom stereocenters. The summed E-state index contributed by atoms with van der Waals surface area (Å²) in [7, 11) is 1.52. The molecule has 0 spiro atoms. The van der Waals surface area contributed by atoms with Crippen molar-refractivity contribution < 1.29 is 13.7 Å². The van der Waals surface area contributed by atoms with Gasteiger partial charge in [0.2, 0.25) is 0 Å². The van der Waals surface area contributed by atoms with E-state index < -0.39 is 0 Å². The van der Waals surface area contributed by atoms with Gasteiger partial charge in [0.1, 0.15) is 5.82 Å². The molecule has 3 rings (SSSR count). The number of amides is 1. The highest BCUT2D eigenvalue weighted by atomic mass is 19.1. The number of likely N-dealkylation sites (tertiary alicyclic amines) is 1. The highest BCUT2D eigenvalue weighted by Gasteiger charge is 2.22. The molecular weight excluding hydrogens is 323 g/mol. The van der Waals surface area contributed by atoms with Crippen LogP contribution in [0.25, 0.3) is 0 Å². The van der Waals surface area contributed by atoms with Crippen LogP contribution < -0.4 is 5.32 Å². The maximum atomic E-state index is 13.7. The van der Waals surface area contributed by atoms with Gasteiger partial charge in [0.05, 0.1) is 6.54 Å². The lowest BCUT2D eigenvalue weighted by Gasteiger charge is -2.31. The van der Waals surface area contributed by atoms with Crippen LogP contribution in [0.5, 0.6) is 0 Å². The van der Waals surface area contributed by atoms with E-state index in [1.807, 2.05) is 12.1 Å².